The minimum absolute atomic E-state index is 0.0173. The van der Waals surface area contributed by atoms with E-state index in [0.717, 1.165) is 28.7 Å². The molecule has 3 heterocycles. The lowest BCUT2D eigenvalue weighted by Gasteiger charge is -2.02. The lowest BCUT2D eigenvalue weighted by atomic mass is 10.2. The van der Waals surface area contributed by atoms with E-state index in [1.165, 1.54) is 6.92 Å². The van der Waals surface area contributed by atoms with Crippen LogP contribution in [0.5, 0.6) is 0 Å². The van der Waals surface area contributed by atoms with Gasteiger partial charge in [-0.25, -0.2) is 0 Å². The van der Waals surface area contributed by atoms with Gasteiger partial charge in [-0.15, -0.1) is 0 Å². The number of hydrogen-bond donors (Lipinski definition) is 1. The summed E-state index contributed by atoms with van der Waals surface area (Å²) in [6, 6.07) is 11.0. The van der Waals surface area contributed by atoms with Gasteiger partial charge in [-0.2, -0.15) is 0 Å². The number of aromatic nitrogens is 3. The molecule has 6 heteroatoms. The zero-order chi connectivity index (χ0) is 21.8. The van der Waals surface area contributed by atoms with Gasteiger partial charge in [-0.1, -0.05) is 0 Å². The summed E-state index contributed by atoms with van der Waals surface area (Å²) in [5, 5.41) is 9.09. The molecule has 1 N–H and O–H groups in total. The van der Waals surface area contributed by atoms with Crippen molar-refractivity contribution in [3.8, 4) is 0 Å². The van der Waals surface area contributed by atoms with Crippen molar-refractivity contribution in [2.75, 3.05) is 0 Å². The van der Waals surface area contributed by atoms with Crippen LogP contribution < -0.4 is 0 Å². The SMILES string of the molecule is CC(=O)c1cc(C)ccn1.Cc1ccnc(C(C)O)c1.Cc1ccnc(C=O)c1. The largest absolute Gasteiger partial charge is 0.387 e. The van der Waals surface area contributed by atoms with E-state index < -0.39 is 6.10 Å². The molecule has 6 nitrogen and oxygen atoms in total. The van der Waals surface area contributed by atoms with E-state index in [1.807, 2.05) is 45.0 Å². The zero-order valence-corrected chi connectivity index (χ0v) is 17.5. The molecule has 3 aromatic rings. The van der Waals surface area contributed by atoms with E-state index in [1.54, 1.807) is 37.6 Å². The lowest BCUT2D eigenvalue weighted by molar-refractivity contribution is 0.101. The summed E-state index contributed by atoms with van der Waals surface area (Å²) in [4.78, 5) is 32.5. The summed E-state index contributed by atoms with van der Waals surface area (Å²) in [5.41, 5.74) is 5.04. The fourth-order valence-electron chi connectivity index (χ4n) is 2.14. The van der Waals surface area contributed by atoms with Gasteiger partial charge in [0.2, 0.25) is 0 Å². The second kappa shape index (κ2) is 12.3. The number of pyridine rings is 3. The third-order valence-electron chi connectivity index (χ3n) is 3.70. The van der Waals surface area contributed by atoms with E-state index >= 15 is 0 Å². The number of rotatable bonds is 3. The minimum atomic E-state index is -0.458. The Morgan fingerprint density at radius 1 is 0.897 bits per heavy atom. The number of carbonyl (C=O) groups is 2. The lowest BCUT2D eigenvalue weighted by Crippen LogP contribution is -1.95. The summed E-state index contributed by atoms with van der Waals surface area (Å²) < 4.78 is 0. The second-order valence-corrected chi connectivity index (χ2v) is 6.58. The molecule has 0 spiro atoms. The summed E-state index contributed by atoms with van der Waals surface area (Å²) in [6.07, 6.45) is 5.26. The fourth-order valence-corrected chi connectivity index (χ4v) is 2.14. The zero-order valence-electron chi connectivity index (χ0n) is 17.5. The van der Waals surface area contributed by atoms with Crippen LogP contribution in [-0.2, 0) is 0 Å². The van der Waals surface area contributed by atoms with Crippen molar-refractivity contribution in [2.24, 2.45) is 0 Å². The molecule has 0 saturated carbocycles. The molecule has 0 radical (unpaired) electrons. The topological polar surface area (TPSA) is 93.0 Å². The standard InChI is InChI=1S/C8H11NO.C8H9NO.C7H7NO/c2*1-6-3-4-9-8(5-6)7(2)10;1-6-2-3-8-7(4-6)5-9/h3-5,7,10H,1-2H3;3-5H,1-2H3;2-5H,1H3. The number of hydrogen-bond acceptors (Lipinski definition) is 6. The molecule has 0 fully saturated rings. The molecule has 0 amide bonds. The molecule has 0 aliphatic rings. The highest BCUT2D eigenvalue weighted by molar-refractivity contribution is 5.92. The van der Waals surface area contributed by atoms with E-state index in [0.29, 0.717) is 11.4 Å². The highest BCUT2D eigenvalue weighted by atomic mass is 16.3. The van der Waals surface area contributed by atoms with E-state index in [9.17, 15) is 9.59 Å². The molecule has 0 aromatic carbocycles. The maximum atomic E-state index is 10.7. The smallest absolute Gasteiger partial charge is 0.178 e. The number of aryl methyl sites for hydroxylation is 3. The fraction of sp³-hybridized carbons (Fsp3) is 0.261. The second-order valence-electron chi connectivity index (χ2n) is 6.58. The first-order valence-corrected chi connectivity index (χ1v) is 9.15. The molecule has 1 atom stereocenters. The normalized spacial score (nSPS) is 10.6. The molecule has 1 unspecified atom stereocenters. The molecular formula is C23H27N3O3. The first-order valence-electron chi connectivity index (χ1n) is 9.15. The van der Waals surface area contributed by atoms with E-state index in [-0.39, 0.29) is 5.78 Å². The van der Waals surface area contributed by atoms with Gasteiger partial charge in [0.05, 0.1) is 11.8 Å². The Morgan fingerprint density at radius 3 is 1.76 bits per heavy atom. The maximum Gasteiger partial charge on any atom is 0.178 e. The van der Waals surface area contributed by atoms with Gasteiger partial charge in [0.25, 0.3) is 0 Å². The molecule has 0 aliphatic heterocycles. The third kappa shape index (κ3) is 9.48. The number of ketones is 1. The van der Waals surface area contributed by atoms with Crippen molar-refractivity contribution < 1.29 is 14.7 Å². The van der Waals surface area contributed by atoms with Gasteiger partial charge in [0, 0.05) is 25.5 Å². The molecular weight excluding hydrogens is 366 g/mol. The van der Waals surface area contributed by atoms with Crippen LogP contribution in [0.3, 0.4) is 0 Å². The van der Waals surface area contributed by atoms with Crippen LogP contribution in [-0.4, -0.2) is 32.1 Å². The van der Waals surface area contributed by atoms with Gasteiger partial charge >= 0.3 is 0 Å². The Morgan fingerprint density at radius 2 is 1.41 bits per heavy atom. The predicted octanol–water partition coefficient (Wildman–Crippen LogP) is 4.24. The third-order valence-corrected chi connectivity index (χ3v) is 3.70. The van der Waals surface area contributed by atoms with Crippen LogP contribution >= 0.6 is 0 Å². The van der Waals surface area contributed by atoms with Crippen molar-refractivity contribution in [1.29, 1.82) is 0 Å². The number of Topliss-reactive ketones (excluding diaryl/α,β-unsaturated/α-hetero) is 1. The van der Waals surface area contributed by atoms with Crippen molar-refractivity contribution in [2.45, 2.75) is 40.7 Å². The van der Waals surface area contributed by atoms with Crippen LogP contribution in [0.25, 0.3) is 0 Å². The van der Waals surface area contributed by atoms with E-state index in [4.69, 9.17) is 5.11 Å². The first kappa shape index (κ1) is 23.8. The number of aldehydes is 1. The van der Waals surface area contributed by atoms with E-state index in [2.05, 4.69) is 15.0 Å². The highest BCUT2D eigenvalue weighted by Gasteiger charge is 2.00. The quantitative estimate of drug-likeness (QED) is 0.528. The predicted molar refractivity (Wildman–Crippen MR) is 113 cm³/mol. The van der Waals surface area contributed by atoms with Gasteiger partial charge < -0.3 is 5.11 Å². The number of aliphatic hydroxyl groups excluding tert-OH is 1. The highest BCUT2D eigenvalue weighted by Crippen LogP contribution is 2.08. The average molecular weight is 393 g/mol. The van der Waals surface area contributed by atoms with Crippen LogP contribution in [0.1, 0.15) is 63.3 Å². The van der Waals surface area contributed by atoms with Crippen molar-refractivity contribution in [1.82, 2.24) is 15.0 Å². The maximum absolute atomic E-state index is 10.7. The van der Waals surface area contributed by atoms with Gasteiger partial charge in [0.15, 0.2) is 12.1 Å². The number of nitrogens with zero attached hydrogens (tertiary/aromatic N) is 3. The minimum Gasteiger partial charge on any atom is -0.387 e. The molecule has 3 rings (SSSR count). The molecule has 0 aliphatic carbocycles. The average Bonchev–Trinajstić information content (AvgIpc) is 2.69. The van der Waals surface area contributed by atoms with Crippen molar-refractivity contribution in [3.63, 3.8) is 0 Å². The van der Waals surface area contributed by atoms with Gasteiger partial charge in [-0.05, 0) is 80.8 Å². The molecule has 29 heavy (non-hydrogen) atoms. The Labute approximate surface area is 171 Å². The van der Waals surface area contributed by atoms with Crippen LogP contribution in [0, 0.1) is 20.8 Å². The summed E-state index contributed by atoms with van der Waals surface area (Å²) in [5.74, 6) is 0.0173. The van der Waals surface area contributed by atoms with Crippen LogP contribution in [0.15, 0.2) is 55.0 Å². The summed E-state index contributed by atoms with van der Waals surface area (Å²) in [6.45, 7) is 9.07. The molecule has 3 aromatic heterocycles. The van der Waals surface area contributed by atoms with Gasteiger partial charge in [0.1, 0.15) is 11.4 Å². The monoisotopic (exact) mass is 393 g/mol. The van der Waals surface area contributed by atoms with Gasteiger partial charge in [-0.3, -0.25) is 24.5 Å². The van der Waals surface area contributed by atoms with Crippen molar-refractivity contribution in [3.05, 3.63) is 88.8 Å². The summed E-state index contributed by atoms with van der Waals surface area (Å²) >= 11 is 0. The van der Waals surface area contributed by atoms with Crippen molar-refractivity contribution >= 4 is 12.1 Å². The number of aliphatic hydroxyl groups is 1. The Hall–Kier alpha value is -3.25. The molecule has 152 valence electrons. The molecule has 0 bridgehead atoms. The first-order chi connectivity index (χ1) is 13.7. The van der Waals surface area contributed by atoms with Crippen LogP contribution in [0.4, 0.5) is 0 Å². The Balaban J connectivity index is 0.000000218. The number of carbonyl (C=O) groups excluding carboxylic acids is 2. The van der Waals surface area contributed by atoms with Crippen LogP contribution in [0.2, 0.25) is 0 Å². The Bertz CT molecular complexity index is 940. The summed E-state index contributed by atoms with van der Waals surface area (Å²) in [7, 11) is 0. The Kier molecular flexibility index (Phi) is 10.1. The molecule has 0 saturated heterocycles.